The molecule has 1 unspecified atom stereocenters. The zero-order chi connectivity index (χ0) is 18.7. The maximum Gasteiger partial charge on any atom is 0.287 e. The number of amides is 1. The summed E-state index contributed by atoms with van der Waals surface area (Å²) in [4.78, 5) is 24.7. The van der Waals surface area contributed by atoms with Crippen molar-refractivity contribution in [1.82, 2.24) is 5.32 Å². The highest BCUT2D eigenvalue weighted by molar-refractivity contribution is 5.93. The van der Waals surface area contributed by atoms with E-state index in [2.05, 4.69) is 5.32 Å². The molecular formula is C20H19NO5. The van der Waals surface area contributed by atoms with Gasteiger partial charge in [0.2, 0.25) is 0 Å². The number of carbonyl (C=O) groups is 1. The second-order valence-corrected chi connectivity index (χ2v) is 5.77. The first-order valence-electron chi connectivity index (χ1n) is 8.09. The van der Waals surface area contributed by atoms with Gasteiger partial charge in [0.15, 0.2) is 11.2 Å². The number of carbonyl (C=O) groups excluding carboxylic acids is 1. The number of fused-ring (bicyclic) bond motifs is 1. The minimum Gasteiger partial charge on any atom is -0.497 e. The zero-order valence-electron chi connectivity index (χ0n) is 14.7. The smallest absolute Gasteiger partial charge is 0.287 e. The summed E-state index contributed by atoms with van der Waals surface area (Å²) in [7, 11) is 3.12. The van der Waals surface area contributed by atoms with Crippen LogP contribution in [0.15, 0.2) is 57.7 Å². The quantitative estimate of drug-likeness (QED) is 0.761. The van der Waals surface area contributed by atoms with Gasteiger partial charge in [-0.2, -0.15) is 0 Å². The van der Waals surface area contributed by atoms with E-state index in [9.17, 15) is 9.59 Å². The summed E-state index contributed by atoms with van der Waals surface area (Å²) in [6.45, 7) is 1.82. The lowest BCUT2D eigenvalue weighted by molar-refractivity contribution is 0.0912. The van der Waals surface area contributed by atoms with Crippen LogP contribution in [-0.2, 0) is 0 Å². The molecule has 2 aromatic carbocycles. The third kappa shape index (κ3) is 3.39. The van der Waals surface area contributed by atoms with Gasteiger partial charge in [0.05, 0.1) is 25.6 Å². The van der Waals surface area contributed by atoms with Crippen molar-refractivity contribution >= 4 is 16.9 Å². The summed E-state index contributed by atoms with van der Waals surface area (Å²) in [6.07, 6.45) is 0. The van der Waals surface area contributed by atoms with Crippen molar-refractivity contribution < 1.29 is 18.7 Å². The van der Waals surface area contributed by atoms with Crippen molar-refractivity contribution in [3.63, 3.8) is 0 Å². The maximum atomic E-state index is 12.5. The Morgan fingerprint density at radius 3 is 2.58 bits per heavy atom. The second kappa shape index (κ2) is 7.31. The van der Waals surface area contributed by atoms with E-state index in [4.69, 9.17) is 13.9 Å². The molecule has 134 valence electrons. The first-order chi connectivity index (χ1) is 12.5. The first-order valence-corrected chi connectivity index (χ1v) is 8.09. The van der Waals surface area contributed by atoms with Gasteiger partial charge in [-0.3, -0.25) is 9.59 Å². The normalized spacial score (nSPS) is 11.8. The molecule has 0 bridgehead atoms. The summed E-state index contributed by atoms with van der Waals surface area (Å²) in [5.74, 6) is 0.744. The van der Waals surface area contributed by atoms with E-state index in [-0.39, 0.29) is 17.2 Å². The summed E-state index contributed by atoms with van der Waals surface area (Å²) in [5, 5.41) is 3.26. The fraction of sp³-hybridized carbons (Fsp3) is 0.200. The van der Waals surface area contributed by atoms with Crippen LogP contribution in [0.4, 0.5) is 0 Å². The fourth-order valence-electron chi connectivity index (χ4n) is 2.74. The maximum absolute atomic E-state index is 12.5. The van der Waals surface area contributed by atoms with Crippen molar-refractivity contribution in [2.45, 2.75) is 13.0 Å². The fourth-order valence-corrected chi connectivity index (χ4v) is 2.74. The van der Waals surface area contributed by atoms with Crippen molar-refractivity contribution in [2.24, 2.45) is 0 Å². The molecule has 0 saturated heterocycles. The van der Waals surface area contributed by atoms with Crippen LogP contribution in [-0.4, -0.2) is 20.1 Å². The largest absolute Gasteiger partial charge is 0.497 e. The predicted molar refractivity (Wildman–Crippen MR) is 97.9 cm³/mol. The molecule has 0 radical (unpaired) electrons. The van der Waals surface area contributed by atoms with Gasteiger partial charge in [0.25, 0.3) is 5.91 Å². The Bertz CT molecular complexity index is 1010. The van der Waals surface area contributed by atoms with Crippen LogP contribution in [0.25, 0.3) is 11.0 Å². The molecule has 1 aromatic heterocycles. The van der Waals surface area contributed by atoms with E-state index in [1.165, 1.54) is 6.07 Å². The Labute approximate surface area is 150 Å². The molecule has 1 N–H and O–H groups in total. The molecule has 26 heavy (non-hydrogen) atoms. The molecule has 1 atom stereocenters. The number of ether oxygens (including phenoxy) is 2. The van der Waals surface area contributed by atoms with E-state index < -0.39 is 5.91 Å². The SMILES string of the molecule is COc1ccc(C(C)NC(=O)c2cc(=O)c3ccccc3o2)c(OC)c1. The molecule has 0 fully saturated rings. The predicted octanol–water partition coefficient (Wildman–Crippen LogP) is 3.30. The third-order valence-electron chi connectivity index (χ3n) is 4.11. The molecule has 1 heterocycles. The lowest BCUT2D eigenvalue weighted by Gasteiger charge is -2.17. The van der Waals surface area contributed by atoms with E-state index in [1.807, 2.05) is 13.0 Å². The average Bonchev–Trinajstić information content (AvgIpc) is 2.67. The van der Waals surface area contributed by atoms with Crippen molar-refractivity contribution in [1.29, 1.82) is 0 Å². The molecule has 3 rings (SSSR count). The van der Waals surface area contributed by atoms with Crippen LogP contribution < -0.4 is 20.2 Å². The van der Waals surface area contributed by atoms with Gasteiger partial charge in [-0.1, -0.05) is 12.1 Å². The summed E-state index contributed by atoms with van der Waals surface area (Å²) >= 11 is 0. The second-order valence-electron chi connectivity index (χ2n) is 5.77. The summed E-state index contributed by atoms with van der Waals surface area (Å²) in [6, 6.07) is 13.0. The van der Waals surface area contributed by atoms with Gasteiger partial charge in [-0.15, -0.1) is 0 Å². The molecule has 6 heteroatoms. The Balaban J connectivity index is 1.87. The van der Waals surface area contributed by atoms with Crippen LogP contribution in [0.3, 0.4) is 0 Å². The Morgan fingerprint density at radius 1 is 1.08 bits per heavy atom. The van der Waals surface area contributed by atoms with Gasteiger partial charge in [-0.05, 0) is 31.2 Å². The number of hydrogen-bond acceptors (Lipinski definition) is 5. The topological polar surface area (TPSA) is 77.8 Å². The van der Waals surface area contributed by atoms with Crippen LogP contribution in [0.5, 0.6) is 11.5 Å². The minimum absolute atomic E-state index is 0.0342. The lowest BCUT2D eigenvalue weighted by Crippen LogP contribution is -2.27. The van der Waals surface area contributed by atoms with Crippen LogP contribution in [0.2, 0.25) is 0 Å². The van der Waals surface area contributed by atoms with Crippen molar-refractivity contribution in [3.05, 3.63) is 70.1 Å². The molecular weight excluding hydrogens is 334 g/mol. The summed E-state index contributed by atoms with van der Waals surface area (Å²) < 4.78 is 16.1. The monoisotopic (exact) mass is 353 g/mol. The highest BCUT2D eigenvalue weighted by Crippen LogP contribution is 2.29. The number of nitrogens with one attached hydrogen (secondary N) is 1. The highest BCUT2D eigenvalue weighted by Gasteiger charge is 2.18. The summed E-state index contributed by atoms with van der Waals surface area (Å²) in [5.41, 5.74) is 0.899. The Morgan fingerprint density at radius 2 is 1.85 bits per heavy atom. The molecule has 0 saturated carbocycles. The van der Waals surface area contributed by atoms with Crippen LogP contribution in [0.1, 0.15) is 29.1 Å². The number of para-hydroxylation sites is 1. The van der Waals surface area contributed by atoms with E-state index >= 15 is 0 Å². The van der Waals surface area contributed by atoms with Gasteiger partial charge < -0.3 is 19.2 Å². The van der Waals surface area contributed by atoms with Crippen LogP contribution >= 0.6 is 0 Å². The minimum atomic E-state index is -0.474. The lowest BCUT2D eigenvalue weighted by atomic mass is 10.1. The number of rotatable bonds is 5. The average molecular weight is 353 g/mol. The highest BCUT2D eigenvalue weighted by atomic mass is 16.5. The van der Waals surface area contributed by atoms with Crippen LogP contribution in [0, 0.1) is 0 Å². The molecule has 0 aliphatic rings. The van der Waals surface area contributed by atoms with Gasteiger partial charge in [0.1, 0.15) is 17.1 Å². The number of benzene rings is 2. The molecule has 0 spiro atoms. The number of methoxy groups -OCH3 is 2. The van der Waals surface area contributed by atoms with E-state index in [0.29, 0.717) is 22.5 Å². The molecule has 1 amide bonds. The van der Waals surface area contributed by atoms with Crippen molar-refractivity contribution in [3.8, 4) is 11.5 Å². The number of hydrogen-bond donors (Lipinski definition) is 1. The molecule has 0 aliphatic carbocycles. The van der Waals surface area contributed by atoms with E-state index in [1.54, 1.807) is 50.6 Å². The van der Waals surface area contributed by atoms with Gasteiger partial charge in [-0.25, -0.2) is 0 Å². The molecule has 0 aliphatic heterocycles. The Hall–Kier alpha value is -3.28. The van der Waals surface area contributed by atoms with E-state index in [0.717, 1.165) is 5.56 Å². The first kappa shape index (κ1) is 17.5. The molecule has 3 aromatic rings. The van der Waals surface area contributed by atoms with Gasteiger partial charge >= 0.3 is 0 Å². The third-order valence-corrected chi connectivity index (χ3v) is 4.11. The molecule has 6 nitrogen and oxygen atoms in total. The Kier molecular flexibility index (Phi) is 4.93. The standard InChI is InChI=1S/C20H19NO5/c1-12(14-9-8-13(24-2)10-18(14)25-3)21-20(23)19-11-16(22)15-6-4-5-7-17(15)26-19/h4-12H,1-3H3,(H,21,23). The van der Waals surface area contributed by atoms with Crippen molar-refractivity contribution in [2.75, 3.05) is 14.2 Å². The van der Waals surface area contributed by atoms with Gasteiger partial charge in [0, 0.05) is 17.7 Å². The zero-order valence-corrected chi connectivity index (χ0v) is 14.7.